The monoisotopic (exact) mass is 383 g/mol. The van der Waals surface area contributed by atoms with Crippen molar-refractivity contribution in [3.8, 4) is 0 Å². The van der Waals surface area contributed by atoms with E-state index in [2.05, 4.69) is 5.10 Å². The summed E-state index contributed by atoms with van der Waals surface area (Å²) in [6.45, 7) is 5.41. The van der Waals surface area contributed by atoms with E-state index < -0.39 is 0 Å². The number of nitrogens with zero attached hydrogens (tertiary/aromatic N) is 3. The van der Waals surface area contributed by atoms with Gasteiger partial charge in [-0.15, -0.1) is 0 Å². The summed E-state index contributed by atoms with van der Waals surface area (Å²) in [4.78, 5) is 38.5. The van der Waals surface area contributed by atoms with E-state index in [9.17, 15) is 14.4 Å². The number of carbonyl (C=O) groups is 2. The number of rotatable bonds is 5. The number of benzene rings is 1. The topological polar surface area (TPSA) is 81.5 Å². The van der Waals surface area contributed by atoms with Gasteiger partial charge in [0, 0.05) is 19.2 Å². The van der Waals surface area contributed by atoms with Crippen LogP contribution in [0.5, 0.6) is 0 Å². The number of esters is 1. The molecule has 2 aromatic rings. The van der Waals surface area contributed by atoms with Crippen LogP contribution in [0.1, 0.15) is 41.4 Å². The smallest absolute Gasteiger partial charge is 0.309 e. The van der Waals surface area contributed by atoms with Crippen molar-refractivity contribution in [3.63, 3.8) is 0 Å². The average molecular weight is 383 g/mol. The number of aromatic nitrogens is 2. The molecule has 0 aliphatic carbocycles. The van der Waals surface area contributed by atoms with Gasteiger partial charge in [0.25, 0.3) is 11.5 Å². The molecule has 3 rings (SSSR count). The van der Waals surface area contributed by atoms with Crippen molar-refractivity contribution in [3.05, 3.63) is 63.6 Å². The summed E-state index contributed by atoms with van der Waals surface area (Å²) >= 11 is 0. The van der Waals surface area contributed by atoms with Crippen LogP contribution >= 0.6 is 0 Å². The molecule has 1 amide bonds. The molecule has 0 N–H and O–H groups in total. The maximum absolute atomic E-state index is 12.8. The van der Waals surface area contributed by atoms with Crippen molar-refractivity contribution in [2.24, 2.45) is 5.92 Å². The summed E-state index contributed by atoms with van der Waals surface area (Å²) in [5.74, 6) is -0.577. The van der Waals surface area contributed by atoms with Crippen LogP contribution in [0.15, 0.2) is 41.2 Å². The summed E-state index contributed by atoms with van der Waals surface area (Å²) < 4.78 is 6.37. The highest BCUT2D eigenvalue weighted by Crippen LogP contribution is 2.20. The maximum Gasteiger partial charge on any atom is 0.309 e. The number of piperidine rings is 1. The van der Waals surface area contributed by atoms with Gasteiger partial charge in [-0.25, -0.2) is 4.68 Å². The molecule has 0 bridgehead atoms. The van der Waals surface area contributed by atoms with E-state index in [1.165, 1.54) is 16.8 Å². The van der Waals surface area contributed by atoms with Crippen molar-refractivity contribution in [1.82, 2.24) is 14.7 Å². The lowest BCUT2D eigenvalue weighted by atomic mass is 9.97. The molecule has 0 radical (unpaired) electrons. The second-order valence-corrected chi connectivity index (χ2v) is 7.02. The molecular formula is C21H25N3O4. The van der Waals surface area contributed by atoms with Gasteiger partial charge in [-0.05, 0) is 38.3 Å². The Morgan fingerprint density at radius 1 is 1.11 bits per heavy atom. The first-order chi connectivity index (χ1) is 13.5. The van der Waals surface area contributed by atoms with Gasteiger partial charge in [0.1, 0.15) is 5.69 Å². The first-order valence-electron chi connectivity index (χ1n) is 9.57. The number of aryl methyl sites for hydroxylation is 1. The van der Waals surface area contributed by atoms with Crippen LogP contribution in [0, 0.1) is 12.8 Å². The van der Waals surface area contributed by atoms with Gasteiger partial charge in [0.15, 0.2) is 0 Å². The lowest BCUT2D eigenvalue weighted by Gasteiger charge is -2.30. The predicted molar refractivity (Wildman–Crippen MR) is 104 cm³/mol. The van der Waals surface area contributed by atoms with Gasteiger partial charge < -0.3 is 9.64 Å². The molecule has 2 heterocycles. The molecule has 148 valence electrons. The Labute approximate surface area is 163 Å². The highest BCUT2D eigenvalue weighted by Gasteiger charge is 2.29. The SMILES string of the molecule is CCOC(=O)C1CCN(C(=O)c2ccc(=O)n(Cc3ccc(C)cc3)n2)CC1. The molecule has 1 aliphatic rings. The highest BCUT2D eigenvalue weighted by molar-refractivity contribution is 5.92. The fourth-order valence-corrected chi connectivity index (χ4v) is 3.28. The number of hydrogen-bond acceptors (Lipinski definition) is 5. The Morgan fingerprint density at radius 3 is 2.43 bits per heavy atom. The normalized spacial score (nSPS) is 14.7. The zero-order valence-electron chi connectivity index (χ0n) is 16.3. The fraction of sp³-hybridized carbons (Fsp3) is 0.429. The Hall–Kier alpha value is -2.96. The minimum Gasteiger partial charge on any atom is -0.466 e. The molecule has 1 fully saturated rings. The molecule has 7 nitrogen and oxygen atoms in total. The number of hydrogen-bond donors (Lipinski definition) is 0. The second kappa shape index (κ2) is 8.82. The van der Waals surface area contributed by atoms with Crippen LogP contribution in [-0.4, -0.2) is 46.3 Å². The van der Waals surface area contributed by atoms with E-state index in [0.29, 0.717) is 39.1 Å². The standard InChI is InChI=1S/C21H25N3O4/c1-3-28-21(27)17-10-12-23(13-11-17)20(26)18-8-9-19(25)24(22-18)14-16-6-4-15(2)5-7-16/h4-9,17H,3,10-14H2,1-2H3. The van der Waals surface area contributed by atoms with E-state index >= 15 is 0 Å². The van der Waals surface area contributed by atoms with Crippen LogP contribution in [0.25, 0.3) is 0 Å². The summed E-state index contributed by atoms with van der Waals surface area (Å²) in [5, 5.41) is 4.27. The van der Waals surface area contributed by atoms with Gasteiger partial charge in [0.05, 0.1) is 19.1 Å². The largest absolute Gasteiger partial charge is 0.466 e. The van der Waals surface area contributed by atoms with E-state index in [1.807, 2.05) is 31.2 Å². The first-order valence-corrected chi connectivity index (χ1v) is 9.57. The van der Waals surface area contributed by atoms with Crippen LogP contribution in [0.4, 0.5) is 0 Å². The lowest BCUT2D eigenvalue weighted by Crippen LogP contribution is -2.41. The summed E-state index contributed by atoms with van der Waals surface area (Å²) in [7, 11) is 0. The maximum atomic E-state index is 12.8. The number of carbonyl (C=O) groups excluding carboxylic acids is 2. The molecule has 28 heavy (non-hydrogen) atoms. The quantitative estimate of drug-likeness (QED) is 0.738. The van der Waals surface area contributed by atoms with Crippen LogP contribution in [0.2, 0.25) is 0 Å². The van der Waals surface area contributed by atoms with Crippen molar-refractivity contribution < 1.29 is 14.3 Å². The fourth-order valence-electron chi connectivity index (χ4n) is 3.28. The number of likely N-dealkylation sites (tertiary alicyclic amines) is 1. The van der Waals surface area contributed by atoms with Gasteiger partial charge >= 0.3 is 5.97 Å². The summed E-state index contributed by atoms with van der Waals surface area (Å²) in [6, 6.07) is 10.7. The molecule has 0 spiro atoms. The molecule has 1 aromatic carbocycles. The lowest BCUT2D eigenvalue weighted by molar-refractivity contribution is -0.149. The first kappa shape index (κ1) is 19.8. The third kappa shape index (κ3) is 4.65. The zero-order valence-corrected chi connectivity index (χ0v) is 16.3. The average Bonchev–Trinajstić information content (AvgIpc) is 2.71. The Morgan fingerprint density at radius 2 is 1.79 bits per heavy atom. The molecule has 7 heteroatoms. The Bertz CT molecular complexity index is 897. The zero-order chi connectivity index (χ0) is 20.1. The minimum absolute atomic E-state index is 0.160. The molecule has 0 atom stereocenters. The van der Waals surface area contributed by atoms with Gasteiger partial charge in [-0.1, -0.05) is 29.8 Å². The van der Waals surface area contributed by atoms with E-state index in [1.54, 1.807) is 11.8 Å². The molecule has 1 saturated heterocycles. The van der Waals surface area contributed by atoms with Gasteiger partial charge in [-0.2, -0.15) is 5.10 Å². The van der Waals surface area contributed by atoms with Gasteiger partial charge in [-0.3, -0.25) is 14.4 Å². The molecular weight excluding hydrogens is 358 g/mol. The molecule has 1 aromatic heterocycles. The third-order valence-corrected chi connectivity index (χ3v) is 4.94. The Balaban J connectivity index is 1.68. The van der Waals surface area contributed by atoms with Crippen molar-refractivity contribution in [2.75, 3.05) is 19.7 Å². The summed E-state index contributed by atoms with van der Waals surface area (Å²) in [5.41, 5.74) is 2.07. The van der Waals surface area contributed by atoms with Crippen LogP contribution < -0.4 is 5.56 Å². The second-order valence-electron chi connectivity index (χ2n) is 7.02. The molecule has 1 aliphatic heterocycles. The predicted octanol–water partition coefficient (Wildman–Crippen LogP) is 2.02. The third-order valence-electron chi connectivity index (χ3n) is 4.94. The van der Waals surface area contributed by atoms with E-state index in [4.69, 9.17) is 4.74 Å². The molecule has 0 saturated carbocycles. The van der Waals surface area contributed by atoms with Crippen LogP contribution in [-0.2, 0) is 16.1 Å². The summed E-state index contributed by atoms with van der Waals surface area (Å²) in [6.07, 6.45) is 1.15. The van der Waals surface area contributed by atoms with E-state index in [-0.39, 0.29) is 29.0 Å². The van der Waals surface area contributed by atoms with Crippen molar-refractivity contribution >= 4 is 11.9 Å². The van der Waals surface area contributed by atoms with Gasteiger partial charge in [0.2, 0.25) is 0 Å². The Kier molecular flexibility index (Phi) is 6.23. The number of ether oxygens (including phenoxy) is 1. The van der Waals surface area contributed by atoms with Crippen LogP contribution in [0.3, 0.4) is 0 Å². The highest BCUT2D eigenvalue weighted by atomic mass is 16.5. The van der Waals surface area contributed by atoms with Crippen molar-refractivity contribution in [2.45, 2.75) is 33.2 Å². The number of amides is 1. The van der Waals surface area contributed by atoms with Crippen molar-refractivity contribution in [1.29, 1.82) is 0 Å². The molecule has 0 unspecified atom stereocenters. The minimum atomic E-state index is -0.252. The van der Waals surface area contributed by atoms with E-state index in [0.717, 1.165) is 11.1 Å².